The molecule has 5 nitrogen and oxygen atoms in total. The summed E-state index contributed by atoms with van der Waals surface area (Å²) in [5, 5.41) is 9.40. The highest BCUT2D eigenvalue weighted by Gasteiger charge is 2.33. The first-order chi connectivity index (χ1) is 17.2. The molecule has 1 aliphatic carbocycles. The lowest BCUT2D eigenvalue weighted by Gasteiger charge is -2.25. The molecule has 1 fully saturated rings. The molecule has 0 radical (unpaired) electrons. The third kappa shape index (κ3) is 6.83. The fourth-order valence-corrected chi connectivity index (χ4v) is 4.41. The van der Waals surface area contributed by atoms with Gasteiger partial charge in [-0.2, -0.15) is 0 Å². The number of aromatic nitrogens is 2. The molecule has 1 N–H and O–H groups in total. The predicted molar refractivity (Wildman–Crippen MR) is 131 cm³/mol. The fraction of sp³-hybridized carbons (Fsp3) is 0.393. The van der Waals surface area contributed by atoms with Gasteiger partial charge < -0.3 is 10.0 Å². The molecule has 3 aromatic rings. The Labute approximate surface area is 209 Å². The van der Waals surface area contributed by atoms with Gasteiger partial charge in [-0.15, -0.1) is 0 Å². The molecule has 190 valence electrons. The zero-order valence-corrected chi connectivity index (χ0v) is 20.2. The van der Waals surface area contributed by atoms with Crippen molar-refractivity contribution in [2.24, 2.45) is 5.92 Å². The summed E-state index contributed by atoms with van der Waals surface area (Å²) in [4.78, 5) is 21.7. The van der Waals surface area contributed by atoms with E-state index in [9.17, 15) is 18.7 Å². The van der Waals surface area contributed by atoms with Crippen LogP contribution in [0.15, 0.2) is 60.9 Å². The van der Waals surface area contributed by atoms with Crippen LogP contribution in [0.3, 0.4) is 0 Å². The summed E-state index contributed by atoms with van der Waals surface area (Å²) in [5.74, 6) is -4.50. The van der Waals surface area contributed by atoms with E-state index >= 15 is 4.39 Å². The first-order valence-corrected chi connectivity index (χ1v) is 12.2. The van der Waals surface area contributed by atoms with Crippen LogP contribution in [0.4, 0.5) is 19.0 Å². The number of halogens is 3. The van der Waals surface area contributed by atoms with Crippen LogP contribution >= 0.6 is 0 Å². The zero-order valence-electron chi connectivity index (χ0n) is 20.2. The standard InChI is InChI=1S/C28H30F3N3O2/c1-28(30,31)22-11-9-20(10-12-22)17-34(23-13-14-23)27-26(29)24(32-18-33-27)15-21(16-25(35)36)8-7-19-5-3-2-4-6-19/h2-6,9-12,18,21,23H,7-8,13-17H2,1H3,(H,35,36). The van der Waals surface area contributed by atoms with Gasteiger partial charge in [0.25, 0.3) is 5.92 Å². The van der Waals surface area contributed by atoms with Crippen molar-refractivity contribution in [3.8, 4) is 0 Å². The van der Waals surface area contributed by atoms with E-state index < -0.39 is 17.7 Å². The number of aliphatic carboxylic acids is 1. The summed E-state index contributed by atoms with van der Waals surface area (Å²) in [6.45, 7) is 1.19. The number of rotatable bonds is 12. The predicted octanol–water partition coefficient (Wildman–Crippen LogP) is 6.16. The van der Waals surface area contributed by atoms with Crippen molar-refractivity contribution < 1.29 is 23.1 Å². The molecule has 0 spiro atoms. The highest BCUT2D eigenvalue weighted by molar-refractivity contribution is 5.67. The molecule has 0 bridgehead atoms. The number of hydrogen-bond donors (Lipinski definition) is 1. The van der Waals surface area contributed by atoms with Crippen molar-refractivity contribution in [1.29, 1.82) is 0 Å². The Balaban J connectivity index is 1.51. The normalized spacial score (nSPS) is 14.4. The molecule has 0 saturated heterocycles. The number of nitrogens with zero attached hydrogens (tertiary/aromatic N) is 3. The minimum absolute atomic E-state index is 0.0697. The number of carbonyl (C=O) groups is 1. The third-order valence-electron chi connectivity index (χ3n) is 6.55. The number of anilines is 1. The van der Waals surface area contributed by atoms with Gasteiger partial charge in [0.05, 0.1) is 5.69 Å². The number of benzene rings is 2. The molecule has 0 amide bonds. The summed E-state index contributed by atoms with van der Waals surface area (Å²) in [6.07, 6.45) is 4.50. The number of alkyl halides is 2. The minimum atomic E-state index is -2.92. The van der Waals surface area contributed by atoms with E-state index in [4.69, 9.17) is 0 Å². The van der Waals surface area contributed by atoms with Gasteiger partial charge >= 0.3 is 5.97 Å². The van der Waals surface area contributed by atoms with Crippen LogP contribution in [-0.2, 0) is 30.1 Å². The lowest BCUT2D eigenvalue weighted by molar-refractivity contribution is -0.138. The van der Waals surface area contributed by atoms with Crippen LogP contribution in [0.2, 0.25) is 0 Å². The van der Waals surface area contributed by atoms with Crippen LogP contribution in [0.5, 0.6) is 0 Å². The summed E-state index contributed by atoms with van der Waals surface area (Å²) in [7, 11) is 0. The van der Waals surface area contributed by atoms with E-state index in [1.54, 1.807) is 12.1 Å². The average molecular weight is 498 g/mol. The lowest BCUT2D eigenvalue weighted by Crippen LogP contribution is -2.28. The molecule has 1 unspecified atom stereocenters. The van der Waals surface area contributed by atoms with Crippen LogP contribution in [-0.4, -0.2) is 27.1 Å². The highest BCUT2D eigenvalue weighted by Crippen LogP contribution is 2.35. The molecule has 8 heteroatoms. The Bertz CT molecular complexity index is 1160. The number of aryl methyl sites for hydroxylation is 1. The van der Waals surface area contributed by atoms with Gasteiger partial charge in [-0.1, -0.05) is 54.6 Å². The minimum Gasteiger partial charge on any atom is -0.481 e. The van der Waals surface area contributed by atoms with Gasteiger partial charge in [0, 0.05) is 31.5 Å². The molecule has 1 aromatic heterocycles. The molecular weight excluding hydrogens is 467 g/mol. The summed E-state index contributed by atoms with van der Waals surface area (Å²) in [6, 6.07) is 15.9. The maximum Gasteiger partial charge on any atom is 0.303 e. The van der Waals surface area contributed by atoms with E-state index in [0.29, 0.717) is 19.4 Å². The van der Waals surface area contributed by atoms with Gasteiger partial charge in [0.1, 0.15) is 6.33 Å². The molecule has 2 aromatic carbocycles. The number of carboxylic acids is 1. The largest absolute Gasteiger partial charge is 0.481 e. The van der Waals surface area contributed by atoms with E-state index in [2.05, 4.69) is 9.97 Å². The first kappa shape index (κ1) is 25.7. The highest BCUT2D eigenvalue weighted by atomic mass is 19.3. The van der Waals surface area contributed by atoms with Crippen LogP contribution in [0.1, 0.15) is 55.0 Å². The van der Waals surface area contributed by atoms with Crippen molar-refractivity contribution >= 4 is 11.8 Å². The molecule has 1 saturated carbocycles. The van der Waals surface area contributed by atoms with E-state index in [0.717, 1.165) is 30.9 Å². The molecule has 4 rings (SSSR count). The van der Waals surface area contributed by atoms with Crippen molar-refractivity contribution in [2.45, 2.75) is 64.0 Å². The molecule has 1 aliphatic rings. The Morgan fingerprint density at radius 3 is 2.39 bits per heavy atom. The smallest absolute Gasteiger partial charge is 0.303 e. The third-order valence-corrected chi connectivity index (χ3v) is 6.55. The van der Waals surface area contributed by atoms with Crippen LogP contribution in [0, 0.1) is 11.7 Å². The van der Waals surface area contributed by atoms with Crippen molar-refractivity contribution in [3.05, 3.63) is 89.1 Å². The Hall–Kier alpha value is -3.42. The zero-order chi connectivity index (χ0) is 25.7. The van der Waals surface area contributed by atoms with Crippen LogP contribution in [0.25, 0.3) is 0 Å². The van der Waals surface area contributed by atoms with Crippen molar-refractivity contribution in [2.75, 3.05) is 4.90 Å². The monoisotopic (exact) mass is 497 g/mol. The second-order valence-electron chi connectivity index (χ2n) is 9.59. The van der Waals surface area contributed by atoms with E-state index in [-0.39, 0.29) is 41.9 Å². The summed E-state index contributed by atoms with van der Waals surface area (Å²) in [5.41, 5.74) is 2.01. The second-order valence-corrected chi connectivity index (χ2v) is 9.59. The molecule has 1 atom stereocenters. The Morgan fingerprint density at radius 2 is 1.78 bits per heavy atom. The van der Waals surface area contributed by atoms with E-state index in [1.165, 1.54) is 18.5 Å². The maximum absolute atomic E-state index is 15.7. The molecule has 1 heterocycles. The van der Waals surface area contributed by atoms with Crippen molar-refractivity contribution in [1.82, 2.24) is 9.97 Å². The summed E-state index contributed by atoms with van der Waals surface area (Å²) >= 11 is 0. The fourth-order valence-electron chi connectivity index (χ4n) is 4.41. The molecule has 36 heavy (non-hydrogen) atoms. The van der Waals surface area contributed by atoms with Gasteiger partial charge in [-0.3, -0.25) is 4.79 Å². The maximum atomic E-state index is 15.7. The second kappa shape index (κ2) is 11.1. The quantitative estimate of drug-likeness (QED) is 0.325. The summed E-state index contributed by atoms with van der Waals surface area (Å²) < 4.78 is 42.8. The van der Waals surface area contributed by atoms with Gasteiger partial charge in [-0.25, -0.2) is 23.1 Å². The molecule has 0 aliphatic heterocycles. The number of carboxylic acid groups (broad SMARTS) is 1. The SMILES string of the molecule is CC(F)(F)c1ccc(CN(c2ncnc(CC(CCc3ccccc3)CC(=O)O)c2F)C2CC2)cc1. The van der Waals surface area contributed by atoms with Crippen LogP contribution < -0.4 is 4.90 Å². The van der Waals surface area contributed by atoms with Gasteiger partial charge in [0.2, 0.25) is 0 Å². The van der Waals surface area contributed by atoms with Gasteiger partial charge in [0.15, 0.2) is 11.6 Å². The number of hydrogen-bond acceptors (Lipinski definition) is 4. The molecular formula is C28H30F3N3O2. The van der Waals surface area contributed by atoms with Gasteiger partial charge in [-0.05, 0) is 49.1 Å². The lowest BCUT2D eigenvalue weighted by atomic mass is 9.92. The Morgan fingerprint density at radius 1 is 1.08 bits per heavy atom. The Kier molecular flexibility index (Phi) is 7.91. The average Bonchev–Trinajstić information content (AvgIpc) is 3.68. The first-order valence-electron chi connectivity index (χ1n) is 12.2. The van der Waals surface area contributed by atoms with E-state index in [1.807, 2.05) is 35.2 Å². The van der Waals surface area contributed by atoms with Crippen molar-refractivity contribution in [3.63, 3.8) is 0 Å². The topological polar surface area (TPSA) is 66.3 Å².